The van der Waals surface area contributed by atoms with Gasteiger partial charge < -0.3 is 5.11 Å². The van der Waals surface area contributed by atoms with Gasteiger partial charge in [-0.3, -0.25) is 0 Å². The molecule has 0 saturated carbocycles. The second kappa shape index (κ2) is 2.65. The maximum atomic E-state index is 8.59. The van der Waals surface area contributed by atoms with Gasteiger partial charge in [-0.15, -0.1) is 0 Å². The lowest BCUT2D eigenvalue weighted by Gasteiger charge is -1.97. The second-order valence-corrected chi connectivity index (χ2v) is 1.99. The highest BCUT2D eigenvalue weighted by molar-refractivity contribution is 5.29. The third kappa shape index (κ3) is 1.30. The summed E-state index contributed by atoms with van der Waals surface area (Å²) in [6.07, 6.45) is 0. The van der Waals surface area contributed by atoms with Crippen molar-refractivity contribution < 1.29 is 5.11 Å². The van der Waals surface area contributed by atoms with E-state index in [2.05, 4.69) is 0 Å². The molecule has 0 atom stereocenters. The second-order valence-electron chi connectivity index (χ2n) is 1.99. The zero-order valence-electron chi connectivity index (χ0n) is 5.33. The summed E-state index contributed by atoms with van der Waals surface area (Å²) in [5.41, 5.74) is 1.98. The van der Waals surface area contributed by atoms with Crippen molar-refractivity contribution in [2.45, 2.75) is 6.92 Å². The van der Waals surface area contributed by atoms with E-state index in [1.165, 1.54) is 0 Å². The van der Waals surface area contributed by atoms with Crippen LogP contribution in [-0.2, 0) is 0 Å². The highest BCUT2D eigenvalue weighted by atomic mass is 16.3. The Balaban J connectivity index is 3.01. The SMILES string of the molecule is Cc1ccccc1[CH]O. The predicted molar refractivity (Wildman–Crippen MR) is 36.5 cm³/mol. The molecule has 0 fully saturated rings. The van der Waals surface area contributed by atoms with E-state index in [4.69, 9.17) is 5.11 Å². The molecule has 1 N–H and O–H groups in total. The minimum absolute atomic E-state index is 0.887. The summed E-state index contributed by atoms with van der Waals surface area (Å²) in [5.74, 6) is 0. The van der Waals surface area contributed by atoms with E-state index in [9.17, 15) is 0 Å². The van der Waals surface area contributed by atoms with Crippen LogP contribution in [0.1, 0.15) is 11.1 Å². The summed E-state index contributed by atoms with van der Waals surface area (Å²) < 4.78 is 0. The molecule has 1 radical (unpaired) electrons. The number of rotatable bonds is 1. The Bertz CT molecular complexity index is 194. The first-order valence-corrected chi connectivity index (χ1v) is 2.87. The fraction of sp³-hybridized carbons (Fsp3) is 0.125. The third-order valence-electron chi connectivity index (χ3n) is 1.33. The van der Waals surface area contributed by atoms with Crippen molar-refractivity contribution in [3.63, 3.8) is 0 Å². The number of aliphatic hydroxyl groups is 1. The van der Waals surface area contributed by atoms with E-state index < -0.39 is 0 Å². The third-order valence-corrected chi connectivity index (χ3v) is 1.33. The molecule has 1 nitrogen and oxygen atoms in total. The van der Waals surface area contributed by atoms with Gasteiger partial charge in [0.25, 0.3) is 0 Å². The Kier molecular flexibility index (Phi) is 1.85. The van der Waals surface area contributed by atoms with Gasteiger partial charge in [0.2, 0.25) is 0 Å². The molecule has 9 heavy (non-hydrogen) atoms. The molecular weight excluding hydrogens is 112 g/mol. The lowest BCUT2D eigenvalue weighted by Crippen LogP contribution is -1.82. The molecule has 1 heteroatoms. The number of hydrogen-bond donors (Lipinski definition) is 1. The Morgan fingerprint density at radius 1 is 1.33 bits per heavy atom. The Morgan fingerprint density at radius 2 is 2.00 bits per heavy atom. The topological polar surface area (TPSA) is 20.2 Å². The van der Waals surface area contributed by atoms with Gasteiger partial charge in [-0.1, -0.05) is 24.3 Å². The van der Waals surface area contributed by atoms with Crippen molar-refractivity contribution in [3.05, 3.63) is 42.0 Å². The molecule has 1 aromatic carbocycles. The first-order valence-electron chi connectivity index (χ1n) is 2.87. The van der Waals surface area contributed by atoms with E-state index in [1.54, 1.807) is 0 Å². The van der Waals surface area contributed by atoms with Crippen molar-refractivity contribution >= 4 is 0 Å². The highest BCUT2D eigenvalue weighted by Crippen LogP contribution is 2.06. The van der Waals surface area contributed by atoms with Gasteiger partial charge in [0.1, 0.15) is 6.61 Å². The van der Waals surface area contributed by atoms with Gasteiger partial charge in [0, 0.05) is 0 Å². The number of aryl methyl sites for hydroxylation is 1. The lowest BCUT2D eigenvalue weighted by atomic mass is 10.1. The monoisotopic (exact) mass is 121 g/mol. The molecule has 0 unspecified atom stereocenters. The smallest absolute Gasteiger partial charge is 0.109 e. The lowest BCUT2D eigenvalue weighted by molar-refractivity contribution is 0.414. The summed E-state index contributed by atoms with van der Waals surface area (Å²) in [7, 11) is 0. The average molecular weight is 121 g/mol. The summed E-state index contributed by atoms with van der Waals surface area (Å²) in [4.78, 5) is 0. The van der Waals surface area contributed by atoms with Gasteiger partial charge in [-0.2, -0.15) is 0 Å². The van der Waals surface area contributed by atoms with Crippen molar-refractivity contribution in [2.24, 2.45) is 0 Å². The van der Waals surface area contributed by atoms with Crippen molar-refractivity contribution in [3.8, 4) is 0 Å². The fourth-order valence-electron chi connectivity index (χ4n) is 0.732. The Morgan fingerprint density at radius 3 is 2.44 bits per heavy atom. The molecule has 0 aliphatic heterocycles. The minimum atomic E-state index is 0.887. The Hall–Kier alpha value is -0.820. The standard InChI is InChI=1S/C8H9O/c1-7-4-2-3-5-8(7)6-9/h2-6,9H,1H3. The average Bonchev–Trinajstić information content (AvgIpc) is 1.89. The first-order chi connectivity index (χ1) is 4.34. The van der Waals surface area contributed by atoms with Crippen LogP contribution in [0.2, 0.25) is 0 Å². The molecule has 47 valence electrons. The highest BCUT2D eigenvalue weighted by Gasteiger charge is 1.91. The van der Waals surface area contributed by atoms with Crippen LogP contribution in [0.25, 0.3) is 0 Å². The largest absolute Gasteiger partial charge is 0.385 e. The molecule has 1 aromatic rings. The van der Waals surface area contributed by atoms with E-state index >= 15 is 0 Å². The van der Waals surface area contributed by atoms with Gasteiger partial charge in [-0.05, 0) is 18.1 Å². The maximum Gasteiger partial charge on any atom is 0.109 e. The fourth-order valence-corrected chi connectivity index (χ4v) is 0.732. The van der Waals surface area contributed by atoms with Crippen LogP contribution in [0.4, 0.5) is 0 Å². The quantitative estimate of drug-likeness (QED) is 0.601. The first kappa shape index (κ1) is 6.30. The van der Waals surface area contributed by atoms with E-state index in [-0.39, 0.29) is 0 Å². The van der Waals surface area contributed by atoms with Crippen molar-refractivity contribution in [1.82, 2.24) is 0 Å². The molecule has 0 aliphatic rings. The zero-order valence-corrected chi connectivity index (χ0v) is 5.33. The maximum absolute atomic E-state index is 8.59. The van der Waals surface area contributed by atoms with Gasteiger partial charge in [-0.25, -0.2) is 0 Å². The van der Waals surface area contributed by atoms with E-state index in [1.807, 2.05) is 31.2 Å². The van der Waals surface area contributed by atoms with E-state index in [0.29, 0.717) is 0 Å². The molecule has 0 heterocycles. The molecule has 0 bridgehead atoms. The molecule has 0 amide bonds. The van der Waals surface area contributed by atoms with Gasteiger partial charge in [0.05, 0.1) is 0 Å². The molecule has 0 saturated heterocycles. The molecule has 1 rings (SSSR count). The molecule has 0 aliphatic carbocycles. The summed E-state index contributed by atoms with van der Waals surface area (Å²) in [6.45, 7) is 3.08. The zero-order chi connectivity index (χ0) is 6.69. The number of hydrogen-bond acceptors (Lipinski definition) is 1. The molecule has 0 spiro atoms. The number of aliphatic hydroxyl groups excluding tert-OH is 1. The van der Waals surface area contributed by atoms with E-state index in [0.717, 1.165) is 17.7 Å². The van der Waals surface area contributed by atoms with Crippen LogP contribution < -0.4 is 0 Å². The van der Waals surface area contributed by atoms with Crippen LogP contribution in [-0.4, -0.2) is 5.11 Å². The van der Waals surface area contributed by atoms with Crippen LogP contribution in [0.15, 0.2) is 24.3 Å². The van der Waals surface area contributed by atoms with Gasteiger partial charge >= 0.3 is 0 Å². The van der Waals surface area contributed by atoms with Crippen molar-refractivity contribution in [2.75, 3.05) is 0 Å². The molecular formula is C8H9O. The van der Waals surface area contributed by atoms with Crippen molar-refractivity contribution in [1.29, 1.82) is 0 Å². The molecule has 0 aromatic heterocycles. The number of benzene rings is 1. The normalized spacial score (nSPS) is 9.56. The summed E-state index contributed by atoms with van der Waals surface area (Å²) in [6, 6.07) is 7.68. The summed E-state index contributed by atoms with van der Waals surface area (Å²) in [5, 5.41) is 8.59. The predicted octanol–water partition coefficient (Wildman–Crippen LogP) is 1.88. The van der Waals surface area contributed by atoms with Crippen LogP contribution in [0, 0.1) is 13.5 Å². The van der Waals surface area contributed by atoms with Crippen LogP contribution in [0.5, 0.6) is 0 Å². The Labute approximate surface area is 55.0 Å². The van der Waals surface area contributed by atoms with Gasteiger partial charge in [0.15, 0.2) is 0 Å². The van der Waals surface area contributed by atoms with Crippen LogP contribution >= 0.6 is 0 Å². The summed E-state index contributed by atoms with van der Waals surface area (Å²) >= 11 is 0. The van der Waals surface area contributed by atoms with Crippen LogP contribution in [0.3, 0.4) is 0 Å². The minimum Gasteiger partial charge on any atom is -0.385 e.